The Morgan fingerprint density at radius 3 is 2.45 bits per heavy atom. The van der Waals surface area contributed by atoms with Gasteiger partial charge >= 0.3 is 0 Å². The first-order valence-corrected chi connectivity index (χ1v) is 7.34. The van der Waals surface area contributed by atoms with Crippen molar-refractivity contribution in [3.8, 4) is 0 Å². The molecule has 0 fully saturated rings. The molecule has 0 radical (unpaired) electrons. The Bertz CT molecular complexity index is 186. The van der Waals surface area contributed by atoms with Crippen LogP contribution in [0.15, 0.2) is 17.3 Å². The summed E-state index contributed by atoms with van der Waals surface area (Å²) in [5.74, 6) is 0. The standard InChI is InChI=1S/C7H15N3Si/c1-7(5-9-10-8)6-11(2,3)4/h1,5-6H2,2-4H3. The second kappa shape index (κ2) is 4.21. The summed E-state index contributed by atoms with van der Waals surface area (Å²) in [6.07, 6.45) is 0. The fourth-order valence-corrected chi connectivity index (χ4v) is 2.55. The predicted molar refractivity (Wildman–Crippen MR) is 51.3 cm³/mol. The zero-order chi connectivity index (χ0) is 8.91. The minimum absolute atomic E-state index is 0.459. The molecule has 0 atom stereocenters. The normalized spacial score (nSPS) is 10.5. The van der Waals surface area contributed by atoms with Crippen molar-refractivity contribution in [3.63, 3.8) is 0 Å². The highest BCUT2D eigenvalue weighted by molar-refractivity contribution is 6.76. The summed E-state index contributed by atoms with van der Waals surface area (Å²) in [4.78, 5) is 2.69. The van der Waals surface area contributed by atoms with E-state index < -0.39 is 8.07 Å². The number of hydrogen-bond donors (Lipinski definition) is 0. The molecule has 0 saturated heterocycles. The molecule has 11 heavy (non-hydrogen) atoms. The van der Waals surface area contributed by atoms with Gasteiger partial charge in [0.15, 0.2) is 0 Å². The van der Waals surface area contributed by atoms with Crippen molar-refractivity contribution < 1.29 is 0 Å². The molecule has 0 bridgehead atoms. The molecule has 0 aromatic heterocycles. The highest BCUT2D eigenvalue weighted by Gasteiger charge is 2.13. The fraction of sp³-hybridized carbons (Fsp3) is 0.714. The first kappa shape index (κ1) is 10.3. The maximum atomic E-state index is 8.04. The van der Waals surface area contributed by atoms with Gasteiger partial charge in [-0.2, -0.15) is 0 Å². The Morgan fingerprint density at radius 1 is 1.55 bits per heavy atom. The molecule has 0 heterocycles. The van der Waals surface area contributed by atoms with Gasteiger partial charge in [-0.05, 0) is 11.6 Å². The van der Waals surface area contributed by atoms with Crippen LogP contribution >= 0.6 is 0 Å². The number of rotatable bonds is 4. The third kappa shape index (κ3) is 7.16. The topological polar surface area (TPSA) is 48.8 Å². The fourth-order valence-electron chi connectivity index (χ4n) is 0.938. The van der Waals surface area contributed by atoms with Crippen LogP contribution in [0.25, 0.3) is 10.4 Å². The first-order chi connectivity index (χ1) is 4.95. The lowest BCUT2D eigenvalue weighted by molar-refractivity contribution is 1.11. The third-order valence-electron chi connectivity index (χ3n) is 1.14. The van der Waals surface area contributed by atoms with E-state index in [1.54, 1.807) is 0 Å². The molecular formula is C7H15N3Si. The maximum Gasteiger partial charge on any atom is 0.0483 e. The van der Waals surface area contributed by atoms with Crippen molar-refractivity contribution in [1.82, 2.24) is 0 Å². The highest BCUT2D eigenvalue weighted by Crippen LogP contribution is 2.14. The molecule has 0 saturated carbocycles. The Hall–Kier alpha value is -0.733. The quantitative estimate of drug-likeness (QED) is 0.204. The Labute approximate surface area is 68.8 Å². The second-order valence-corrected chi connectivity index (χ2v) is 9.35. The molecule has 0 aromatic carbocycles. The largest absolute Gasteiger partial charge is 0.100 e. The third-order valence-corrected chi connectivity index (χ3v) is 2.70. The minimum atomic E-state index is -1.05. The lowest BCUT2D eigenvalue weighted by Gasteiger charge is -2.15. The average Bonchev–Trinajstić information content (AvgIpc) is 1.79. The van der Waals surface area contributed by atoms with Gasteiger partial charge in [-0.25, -0.2) is 0 Å². The number of nitrogens with zero attached hydrogens (tertiary/aromatic N) is 3. The summed E-state index contributed by atoms with van der Waals surface area (Å²) in [5.41, 5.74) is 9.10. The molecule has 0 aliphatic carbocycles. The predicted octanol–water partition coefficient (Wildman–Crippen LogP) is 3.19. The summed E-state index contributed by atoms with van der Waals surface area (Å²) in [6.45, 7) is 11.1. The van der Waals surface area contributed by atoms with Crippen LogP contribution in [0.5, 0.6) is 0 Å². The van der Waals surface area contributed by atoms with Crippen LogP contribution < -0.4 is 0 Å². The van der Waals surface area contributed by atoms with Crippen molar-refractivity contribution in [1.29, 1.82) is 0 Å². The molecule has 0 aliphatic heterocycles. The van der Waals surface area contributed by atoms with Gasteiger partial charge in [-0.1, -0.05) is 30.3 Å². The summed E-state index contributed by atoms with van der Waals surface area (Å²) < 4.78 is 0. The second-order valence-electron chi connectivity index (χ2n) is 3.88. The average molecular weight is 169 g/mol. The number of hydrogen-bond acceptors (Lipinski definition) is 1. The molecule has 4 heteroatoms. The van der Waals surface area contributed by atoms with Crippen molar-refractivity contribution in [2.24, 2.45) is 5.11 Å². The lowest BCUT2D eigenvalue weighted by atomic mass is 10.4. The number of azide groups is 1. The van der Waals surface area contributed by atoms with Gasteiger partial charge in [0, 0.05) is 19.5 Å². The zero-order valence-corrected chi connectivity index (χ0v) is 8.46. The summed E-state index contributed by atoms with van der Waals surface area (Å²) >= 11 is 0. The molecule has 0 aliphatic rings. The van der Waals surface area contributed by atoms with Crippen molar-refractivity contribution in [2.75, 3.05) is 6.54 Å². The molecule has 62 valence electrons. The van der Waals surface area contributed by atoms with Gasteiger partial charge in [0.1, 0.15) is 0 Å². The SMILES string of the molecule is C=C(CN=[N+]=[N-])C[Si](C)(C)C. The van der Waals surface area contributed by atoms with Crippen LogP contribution in [0.1, 0.15) is 0 Å². The molecule has 3 nitrogen and oxygen atoms in total. The van der Waals surface area contributed by atoms with Crippen molar-refractivity contribution in [2.45, 2.75) is 25.7 Å². The van der Waals surface area contributed by atoms with Crippen molar-refractivity contribution >= 4 is 8.07 Å². The van der Waals surface area contributed by atoms with E-state index in [2.05, 4.69) is 36.2 Å². The van der Waals surface area contributed by atoms with Crippen LogP contribution in [0, 0.1) is 0 Å². The van der Waals surface area contributed by atoms with E-state index in [-0.39, 0.29) is 0 Å². The zero-order valence-electron chi connectivity index (χ0n) is 7.46. The Morgan fingerprint density at radius 2 is 2.09 bits per heavy atom. The summed E-state index contributed by atoms with van der Waals surface area (Å²) in [6, 6.07) is 1.05. The molecule has 0 unspecified atom stereocenters. The molecular weight excluding hydrogens is 154 g/mol. The highest BCUT2D eigenvalue weighted by atomic mass is 28.3. The van der Waals surface area contributed by atoms with Crippen LogP contribution in [-0.4, -0.2) is 14.6 Å². The monoisotopic (exact) mass is 169 g/mol. The molecule has 0 spiro atoms. The van der Waals surface area contributed by atoms with Crippen LogP contribution in [0.2, 0.25) is 25.7 Å². The van der Waals surface area contributed by atoms with E-state index in [4.69, 9.17) is 5.53 Å². The van der Waals surface area contributed by atoms with Gasteiger partial charge < -0.3 is 0 Å². The van der Waals surface area contributed by atoms with Gasteiger partial charge in [0.05, 0.1) is 0 Å². The summed E-state index contributed by atoms with van der Waals surface area (Å²) in [7, 11) is -1.05. The molecule has 0 aromatic rings. The first-order valence-electron chi connectivity index (χ1n) is 3.63. The minimum Gasteiger partial charge on any atom is -0.100 e. The Kier molecular flexibility index (Phi) is 3.93. The van der Waals surface area contributed by atoms with Crippen LogP contribution in [0.4, 0.5) is 0 Å². The maximum absolute atomic E-state index is 8.04. The van der Waals surface area contributed by atoms with E-state index >= 15 is 0 Å². The van der Waals surface area contributed by atoms with E-state index in [1.807, 2.05) is 0 Å². The molecule has 0 amide bonds. The van der Waals surface area contributed by atoms with E-state index in [0.717, 1.165) is 11.6 Å². The molecule has 0 N–H and O–H groups in total. The Balaban J connectivity index is 3.79. The molecule has 0 rings (SSSR count). The van der Waals surface area contributed by atoms with Gasteiger partial charge in [0.25, 0.3) is 0 Å². The van der Waals surface area contributed by atoms with Crippen LogP contribution in [-0.2, 0) is 0 Å². The summed E-state index contributed by atoms with van der Waals surface area (Å²) in [5, 5.41) is 3.46. The van der Waals surface area contributed by atoms with E-state index in [1.165, 1.54) is 0 Å². The lowest BCUT2D eigenvalue weighted by Crippen LogP contribution is -2.20. The smallest absolute Gasteiger partial charge is 0.0483 e. The van der Waals surface area contributed by atoms with Gasteiger partial charge in [-0.3, -0.25) is 0 Å². The van der Waals surface area contributed by atoms with E-state index in [0.29, 0.717) is 6.54 Å². The van der Waals surface area contributed by atoms with Gasteiger partial charge in [0.2, 0.25) is 0 Å². The van der Waals surface area contributed by atoms with E-state index in [9.17, 15) is 0 Å². The van der Waals surface area contributed by atoms with Crippen LogP contribution in [0.3, 0.4) is 0 Å². The van der Waals surface area contributed by atoms with Gasteiger partial charge in [-0.15, -0.1) is 6.58 Å². The van der Waals surface area contributed by atoms with Crippen molar-refractivity contribution in [3.05, 3.63) is 22.6 Å².